The van der Waals surface area contributed by atoms with Gasteiger partial charge in [0, 0.05) is 19.2 Å². The lowest BCUT2D eigenvalue weighted by Crippen LogP contribution is -2.25. The summed E-state index contributed by atoms with van der Waals surface area (Å²) in [6.07, 6.45) is 1.33. The zero-order valence-electron chi connectivity index (χ0n) is 12.3. The Balaban J connectivity index is 2.19. The van der Waals surface area contributed by atoms with Crippen LogP contribution in [0.3, 0.4) is 0 Å². The molecule has 1 aromatic carbocycles. The summed E-state index contributed by atoms with van der Waals surface area (Å²) < 4.78 is 21.1. The highest BCUT2D eigenvalue weighted by atomic mass is 79.9. The number of benzene rings is 1. The van der Waals surface area contributed by atoms with Crippen LogP contribution in [0.4, 0.5) is 4.39 Å². The van der Waals surface area contributed by atoms with Crippen LogP contribution in [-0.4, -0.2) is 24.2 Å². The first kappa shape index (κ1) is 16.3. The van der Waals surface area contributed by atoms with Gasteiger partial charge in [-0.2, -0.15) is 0 Å². The molecule has 0 aliphatic heterocycles. The van der Waals surface area contributed by atoms with Gasteiger partial charge in [0.25, 0.3) is 5.56 Å². The Kier molecular flexibility index (Phi) is 4.95. The van der Waals surface area contributed by atoms with Gasteiger partial charge in [0.1, 0.15) is 18.6 Å². The third-order valence-electron chi connectivity index (χ3n) is 3.07. The molecule has 114 valence electrons. The van der Waals surface area contributed by atoms with Crippen LogP contribution < -0.4 is 5.56 Å². The van der Waals surface area contributed by atoms with Crippen LogP contribution >= 0.6 is 15.9 Å². The first-order valence-corrected chi connectivity index (χ1v) is 11.2. The van der Waals surface area contributed by atoms with Crippen molar-refractivity contribution < 1.29 is 9.13 Å². The molecule has 0 N–H and O–H groups in total. The van der Waals surface area contributed by atoms with Crippen molar-refractivity contribution >= 4 is 34.9 Å². The molecule has 0 radical (unpaired) electrons. The summed E-state index contributed by atoms with van der Waals surface area (Å²) in [6, 6.07) is 3.90. The highest BCUT2D eigenvalue weighted by Crippen LogP contribution is 2.19. The van der Waals surface area contributed by atoms with Crippen LogP contribution in [-0.2, 0) is 11.5 Å². The fourth-order valence-corrected chi connectivity index (χ4v) is 3.01. The summed E-state index contributed by atoms with van der Waals surface area (Å²) in [5.74, 6) is -0.511. The normalized spacial score (nSPS) is 12.0. The van der Waals surface area contributed by atoms with E-state index in [-0.39, 0.29) is 23.2 Å². The maximum Gasteiger partial charge on any atom is 0.263 e. The molecule has 0 spiro atoms. The topological polar surface area (TPSA) is 44.1 Å². The lowest BCUT2D eigenvalue weighted by molar-refractivity contribution is 0.0844. The van der Waals surface area contributed by atoms with Crippen molar-refractivity contribution in [3.8, 4) is 0 Å². The van der Waals surface area contributed by atoms with Gasteiger partial charge in [-0.25, -0.2) is 9.37 Å². The summed E-state index contributed by atoms with van der Waals surface area (Å²) in [5.41, 5.74) is -0.213. The van der Waals surface area contributed by atoms with Gasteiger partial charge in [0.15, 0.2) is 5.82 Å². The molecule has 0 saturated carbocycles. The maximum atomic E-state index is 13.7. The molecule has 4 nitrogen and oxygen atoms in total. The lowest BCUT2D eigenvalue weighted by Gasteiger charge is -2.15. The van der Waals surface area contributed by atoms with Crippen LogP contribution in [0.1, 0.15) is 0 Å². The van der Waals surface area contributed by atoms with Gasteiger partial charge in [-0.1, -0.05) is 35.6 Å². The maximum absolute atomic E-state index is 13.7. The van der Waals surface area contributed by atoms with Crippen molar-refractivity contribution in [3.05, 3.63) is 39.1 Å². The van der Waals surface area contributed by atoms with Crippen molar-refractivity contribution in [3.63, 3.8) is 0 Å². The van der Waals surface area contributed by atoms with E-state index in [1.165, 1.54) is 17.0 Å². The Morgan fingerprint density at radius 2 is 2.10 bits per heavy atom. The summed E-state index contributed by atoms with van der Waals surface area (Å²) in [6.45, 7) is 7.55. The fraction of sp³-hybridized carbons (Fsp3) is 0.429. The van der Waals surface area contributed by atoms with E-state index in [1.807, 2.05) is 0 Å². The van der Waals surface area contributed by atoms with Gasteiger partial charge in [0.05, 0.1) is 5.39 Å². The van der Waals surface area contributed by atoms with Crippen LogP contribution in [0.2, 0.25) is 25.7 Å². The molecule has 2 aromatic rings. The number of ether oxygens (including phenoxy) is 1. The van der Waals surface area contributed by atoms with Crippen LogP contribution in [0.15, 0.2) is 27.7 Å². The van der Waals surface area contributed by atoms with Gasteiger partial charge in [-0.3, -0.25) is 9.36 Å². The summed E-state index contributed by atoms with van der Waals surface area (Å²) >= 11 is 3.19. The minimum absolute atomic E-state index is 0.0848. The van der Waals surface area contributed by atoms with E-state index in [0.717, 1.165) is 6.04 Å². The summed E-state index contributed by atoms with van der Waals surface area (Å²) in [7, 11) is -1.15. The SMILES string of the molecule is C[Si](C)(C)CCOCn1cnc2c(F)cc(Br)cc2c1=O. The minimum Gasteiger partial charge on any atom is -0.361 e. The molecule has 2 rings (SSSR count). The smallest absolute Gasteiger partial charge is 0.263 e. The van der Waals surface area contributed by atoms with Crippen molar-refractivity contribution in [1.82, 2.24) is 9.55 Å². The van der Waals surface area contributed by atoms with E-state index >= 15 is 0 Å². The molecule has 0 aliphatic carbocycles. The molecular weight excluding hydrogens is 355 g/mol. The standard InChI is InChI=1S/C14H18BrFN2O2Si/c1-21(2,3)5-4-20-9-18-8-17-13-11(14(18)19)6-10(15)7-12(13)16/h6-8H,4-5,9H2,1-3H3. The minimum atomic E-state index is -1.15. The Hall–Kier alpha value is -1.05. The second-order valence-electron chi connectivity index (χ2n) is 6.15. The summed E-state index contributed by atoms with van der Waals surface area (Å²) in [5, 5.41) is 0.248. The number of aromatic nitrogens is 2. The van der Waals surface area contributed by atoms with E-state index in [4.69, 9.17) is 4.74 Å². The molecule has 7 heteroatoms. The van der Waals surface area contributed by atoms with Crippen LogP contribution in [0.5, 0.6) is 0 Å². The predicted molar refractivity (Wildman–Crippen MR) is 87.8 cm³/mol. The first-order valence-electron chi connectivity index (χ1n) is 6.70. The van der Waals surface area contributed by atoms with E-state index in [0.29, 0.717) is 11.1 Å². The number of rotatable bonds is 5. The van der Waals surface area contributed by atoms with E-state index in [2.05, 4.69) is 40.6 Å². The summed E-state index contributed by atoms with van der Waals surface area (Å²) in [4.78, 5) is 16.3. The largest absolute Gasteiger partial charge is 0.361 e. The number of nitrogens with zero attached hydrogens (tertiary/aromatic N) is 2. The van der Waals surface area contributed by atoms with Gasteiger partial charge in [-0.05, 0) is 18.2 Å². The predicted octanol–water partition coefficient (Wildman–Crippen LogP) is 3.61. The average Bonchev–Trinajstić information content (AvgIpc) is 2.36. The average molecular weight is 373 g/mol. The second-order valence-corrected chi connectivity index (χ2v) is 12.7. The van der Waals surface area contributed by atoms with E-state index < -0.39 is 13.9 Å². The fourth-order valence-electron chi connectivity index (χ4n) is 1.83. The first-order chi connectivity index (χ1) is 9.78. The van der Waals surface area contributed by atoms with Gasteiger partial charge in [0.2, 0.25) is 0 Å². The van der Waals surface area contributed by atoms with Crippen LogP contribution in [0.25, 0.3) is 10.9 Å². The van der Waals surface area contributed by atoms with Crippen molar-refractivity contribution in [1.29, 1.82) is 0 Å². The molecule has 0 saturated heterocycles. The molecule has 1 aromatic heterocycles. The highest BCUT2D eigenvalue weighted by Gasteiger charge is 2.13. The Bertz CT molecular complexity index is 712. The van der Waals surface area contributed by atoms with E-state index in [1.54, 1.807) is 6.07 Å². The van der Waals surface area contributed by atoms with Crippen molar-refractivity contribution in [2.45, 2.75) is 32.4 Å². The molecule has 1 heterocycles. The Morgan fingerprint density at radius 1 is 1.38 bits per heavy atom. The Morgan fingerprint density at radius 3 is 2.76 bits per heavy atom. The van der Waals surface area contributed by atoms with Crippen molar-refractivity contribution in [2.24, 2.45) is 0 Å². The lowest BCUT2D eigenvalue weighted by atomic mass is 10.2. The zero-order chi connectivity index (χ0) is 15.6. The Labute approximate surface area is 132 Å². The molecule has 0 bridgehead atoms. The number of halogens is 2. The quantitative estimate of drug-likeness (QED) is 0.594. The molecule has 0 fully saturated rings. The third-order valence-corrected chi connectivity index (χ3v) is 5.23. The number of hydrogen-bond acceptors (Lipinski definition) is 3. The van der Waals surface area contributed by atoms with Gasteiger partial charge < -0.3 is 4.74 Å². The van der Waals surface area contributed by atoms with Gasteiger partial charge in [-0.15, -0.1) is 0 Å². The van der Waals surface area contributed by atoms with Gasteiger partial charge >= 0.3 is 0 Å². The zero-order valence-corrected chi connectivity index (χ0v) is 14.9. The third kappa shape index (κ3) is 4.21. The molecule has 0 atom stereocenters. The molecule has 21 heavy (non-hydrogen) atoms. The molecule has 0 amide bonds. The second kappa shape index (κ2) is 6.37. The monoisotopic (exact) mass is 372 g/mol. The number of hydrogen-bond donors (Lipinski definition) is 0. The number of fused-ring (bicyclic) bond motifs is 1. The van der Waals surface area contributed by atoms with E-state index in [9.17, 15) is 9.18 Å². The molecular formula is C14H18BrFN2O2Si. The molecule has 0 unspecified atom stereocenters. The van der Waals surface area contributed by atoms with Crippen LogP contribution in [0, 0.1) is 5.82 Å². The molecule has 0 aliphatic rings. The highest BCUT2D eigenvalue weighted by molar-refractivity contribution is 9.10. The van der Waals surface area contributed by atoms with Crippen molar-refractivity contribution in [2.75, 3.05) is 6.61 Å².